The predicted molar refractivity (Wildman–Crippen MR) is 110 cm³/mol. The molecule has 4 rings (SSSR count). The van der Waals surface area contributed by atoms with E-state index in [1.165, 1.54) is 11.1 Å². The molecular weight excluding hydrogens is 372 g/mol. The molecule has 2 aliphatic rings. The fourth-order valence-electron chi connectivity index (χ4n) is 4.47. The number of halogens is 1. The number of hydrogen-bond acceptors (Lipinski definition) is 2. The van der Waals surface area contributed by atoms with Gasteiger partial charge in [0.25, 0.3) is 0 Å². The summed E-state index contributed by atoms with van der Waals surface area (Å²) in [6.45, 7) is 5.78. The summed E-state index contributed by atoms with van der Waals surface area (Å²) in [5.74, 6) is 0.0604. The summed E-state index contributed by atoms with van der Waals surface area (Å²) in [6.07, 6.45) is 1.01. The highest BCUT2D eigenvalue weighted by molar-refractivity contribution is 6.30. The molecule has 2 amide bonds. The molecule has 146 valence electrons. The molecule has 1 atom stereocenters. The van der Waals surface area contributed by atoms with Crippen molar-refractivity contribution in [2.45, 2.75) is 38.1 Å². The van der Waals surface area contributed by atoms with Crippen LogP contribution >= 0.6 is 11.6 Å². The number of hydrogen-bond donors (Lipinski definition) is 0. The molecule has 2 heterocycles. The minimum absolute atomic E-state index is 0.0234. The van der Waals surface area contributed by atoms with E-state index in [0.717, 1.165) is 5.56 Å². The van der Waals surface area contributed by atoms with Crippen LogP contribution in [0.25, 0.3) is 0 Å². The molecule has 1 unspecified atom stereocenters. The van der Waals surface area contributed by atoms with E-state index < -0.39 is 0 Å². The molecule has 2 aromatic rings. The van der Waals surface area contributed by atoms with Crippen molar-refractivity contribution in [1.29, 1.82) is 0 Å². The Balaban J connectivity index is 1.52. The van der Waals surface area contributed by atoms with Crippen molar-refractivity contribution in [3.63, 3.8) is 0 Å². The standard InChI is InChI=1S/C23H25ClN2O2/c1-23(2)15-26-20(18-8-3-4-9-19(18)23)13-25(14-22(26)28)21(27)11-10-16-6-5-7-17(24)12-16/h3-9,12,20H,10-11,13-15H2,1-2H3. The summed E-state index contributed by atoms with van der Waals surface area (Å²) in [5, 5.41) is 0.676. The highest BCUT2D eigenvalue weighted by Crippen LogP contribution is 2.41. The number of amides is 2. The Labute approximate surface area is 171 Å². The van der Waals surface area contributed by atoms with Crippen LogP contribution in [-0.2, 0) is 21.4 Å². The molecule has 0 aromatic heterocycles. The van der Waals surface area contributed by atoms with Gasteiger partial charge in [-0.2, -0.15) is 0 Å². The average Bonchev–Trinajstić information content (AvgIpc) is 2.67. The Morgan fingerprint density at radius 1 is 1.18 bits per heavy atom. The molecule has 28 heavy (non-hydrogen) atoms. The van der Waals surface area contributed by atoms with E-state index in [0.29, 0.717) is 31.0 Å². The zero-order valence-electron chi connectivity index (χ0n) is 16.3. The Bertz CT molecular complexity index is 924. The van der Waals surface area contributed by atoms with Crippen molar-refractivity contribution in [2.75, 3.05) is 19.6 Å². The van der Waals surface area contributed by atoms with Crippen LogP contribution in [0, 0.1) is 0 Å². The zero-order chi connectivity index (χ0) is 19.9. The van der Waals surface area contributed by atoms with Gasteiger partial charge in [-0.25, -0.2) is 0 Å². The Morgan fingerprint density at radius 2 is 1.96 bits per heavy atom. The van der Waals surface area contributed by atoms with Gasteiger partial charge in [0, 0.05) is 29.9 Å². The van der Waals surface area contributed by atoms with Crippen LogP contribution in [0.5, 0.6) is 0 Å². The van der Waals surface area contributed by atoms with Gasteiger partial charge in [0.2, 0.25) is 11.8 Å². The SMILES string of the molecule is CC1(C)CN2C(=O)CN(C(=O)CCc3cccc(Cl)c3)CC2c2ccccc21. The number of aryl methyl sites for hydroxylation is 1. The predicted octanol–water partition coefficient (Wildman–Crippen LogP) is 3.98. The van der Waals surface area contributed by atoms with Crippen LogP contribution in [0.3, 0.4) is 0 Å². The third-order valence-corrected chi connectivity index (χ3v) is 6.13. The third kappa shape index (κ3) is 3.53. The summed E-state index contributed by atoms with van der Waals surface area (Å²) in [4.78, 5) is 29.4. The Hall–Kier alpha value is -2.33. The first-order chi connectivity index (χ1) is 13.3. The lowest BCUT2D eigenvalue weighted by Crippen LogP contribution is -2.58. The molecule has 0 saturated carbocycles. The molecule has 1 fully saturated rings. The van der Waals surface area contributed by atoms with Gasteiger partial charge in [-0.1, -0.05) is 61.8 Å². The summed E-state index contributed by atoms with van der Waals surface area (Å²) in [5.41, 5.74) is 3.40. The maximum Gasteiger partial charge on any atom is 0.242 e. The second kappa shape index (κ2) is 7.25. The minimum Gasteiger partial charge on any atom is -0.331 e. The first-order valence-corrected chi connectivity index (χ1v) is 10.1. The molecule has 1 saturated heterocycles. The van der Waals surface area contributed by atoms with Crippen LogP contribution in [0.4, 0.5) is 0 Å². The lowest BCUT2D eigenvalue weighted by atomic mass is 9.75. The van der Waals surface area contributed by atoms with Crippen molar-refractivity contribution >= 4 is 23.4 Å². The molecular formula is C23H25ClN2O2. The molecule has 0 N–H and O–H groups in total. The second-order valence-corrected chi connectivity index (χ2v) is 8.85. The van der Waals surface area contributed by atoms with E-state index in [-0.39, 0.29) is 29.8 Å². The Kier molecular flexibility index (Phi) is 4.92. The van der Waals surface area contributed by atoms with E-state index in [1.54, 1.807) is 4.90 Å². The first-order valence-electron chi connectivity index (χ1n) is 9.76. The van der Waals surface area contributed by atoms with Crippen LogP contribution in [0.15, 0.2) is 48.5 Å². The van der Waals surface area contributed by atoms with E-state index in [1.807, 2.05) is 35.2 Å². The van der Waals surface area contributed by atoms with Crippen LogP contribution < -0.4 is 0 Å². The van der Waals surface area contributed by atoms with Gasteiger partial charge in [0.05, 0.1) is 12.6 Å². The molecule has 0 aliphatic carbocycles. The van der Waals surface area contributed by atoms with Crippen LogP contribution in [0.2, 0.25) is 5.02 Å². The highest BCUT2D eigenvalue weighted by atomic mass is 35.5. The summed E-state index contributed by atoms with van der Waals surface area (Å²) >= 11 is 6.03. The van der Waals surface area contributed by atoms with Gasteiger partial charge >= 0.3 is 0 Å². The lowest BCUT2D eigenvalue weighted by Gasteiger charge is -2.49. The third-order valence-electron chi connectivity index (χ3n) is 5.90. The van der Waals surface area contributed by atoms with Crippen molar-refractivity contribution in [1.82, 2.24) is 9.80 Å². The number of nitrogens with zero attached hydrogens (tertiary/aromatic N) is 2. The summed E-state index contributed by atoms with van der Waals surface area (Å²) in [7, 11) is 0. The number of piperazine rings is 1. The minimum atomic E-state index is -0.0818. The maximum absolute atomic E-state index is 12.9. The van der Waals surface area contributed by atoms with E-state index in [9.17, 15) is 9.59 Å². The first kappa shape index (κ1) is 19.0. The number of benzene rings is 2. The normalized spacial score (nSPS) is 20.5. The van der Waals surface area contributed by atoms with Gasteiger partial charge < -0.3 is 9.80 Å². The number of carbonyl (C=O) groups excluding carboxylic acids is 2. The van der Waals surface area contributed by atoms with Gasteiger partial charge in [0.1, 0.15) is 0 Å². The van der Waals surface area contributed by atoms with Gasteiger partial charge in [-0.3, -0.25) is 9.59 Å². The fourth-order valence-corrected chi connectivity index (χ4v) is 4.68. The molecule has 0 bridgehead atoms. The fraction of sp³-hybridized carbons (Fsp3) is 0.391. The topological polar surface area (TPSA) is 40.6 Å². The van der Waals surface area contributed by atoms with Crippen molar-refractivity contribution in [3.8, 4) is 0 Å². The number of fused-ring (bicyclic) bond motifs is 3. The van der Waals surface area contributed by atoms with Gasteiger partial charge in [-0.05, 0) is 35.2 Å². The van der Waals surface area contributed by atoms with Crippen LogP contribution in [0.1, 0.15) is 43.0 Å². The quantitative estimate of drug-likeness (QED) is 0.787. The molecule has 2 aromatic carbocycles. The average molecular weight is 397 g/mol. The van der Waals surface area contributed by atoms with Crippen molar-refractivity contribution < 1.29 is 9.59 Å². The van der Waals surface area contributed by atoms with Crippen molar-refractivity contribution in [2.24, 2.45) is 0 Å². The lowest BCUT2D eigenvalue weighted by molar-refractivity contribution is -0.150. The second-order valence-electron chi connectivity index (χ2n) is 8.41. The van der Waals surface area contributed by atoms with E-state index in [4.69, 9.17) is 11.6 Å². The zero-order valence-corrected chi connectivity index (χ0v) is 17.1. The van der Waals surface area contributed by atoms with Crippen molar-refractivity contribution in [3.05, 3.63) is 70.2 Å². The molecule has 5 heteroatoms. The van der Waals surface area contributed by atoms with Crippen LogP contribution in [-0.4, -0.2) is 41.2 Å². The molecule has 0 radical (unpaired) electrons. The smallest absolute Gasteiger partial charge is 0.242 e. The Morgan fingerprint density at radius 3 is 2.75 bits per heavy atom. The number of carbonyl (C=O) groups is 2. The van der Waals surface area contributed by atoms with Gasteiger partial charge in [0.15, 0.2) is 0 Å². The maximum atomic E-state index is 12.9. The summed E-state index contributed by atoms with van der Waals surface area (Å²) in [6, 6.07) is 15.8. The number of rotatable bonds is 3. The van der Waals surface area contributed by atoms with E-state index in [2.05, 4.69) is 32.0 Å². The van der Waals surface area contributed by atoms with E-state index >= 15 is 0 Å². The molecule has 0 spiro atoms. The molecule has 2 aliphatic heterocycles. The molecule has 4 nitrogen and oxygen atoms in total. The highest BCUT2D eigenvalue weighted by Gasteiger charge is 2.43. The van der Waals surface area contributed by atoms with Gasteiger partial charge in [-0.15, -0.1) is 0 Å². The monoisotopic (exact) mass is 396 g/mol. The largest absolute Gasteiger partial charge is 0.331 e. The summed E-state index contributed by atoms with van der Waals surface area (Å²) < 4.78 is 0.